The maximum absolute atomic E-state index is 10.6. The first kappa shape index (κ1) is 18.4. The molecule has 0 atom stereocenters. The number of nitrogens with one attached hydrogen (secondary N) is 1. The van der Waals surface area contributed by atoms with Crippen LogP contribution in [0.1, 0.15) is 12.1 Å². The van der Waals surface area contributed by atoms with E-state index in [0.29, 0.717) is 5.41 Å². The van der Waals surface area contributed by atoms with Gasteiger partial charge in [0.15, 0.2) is 0 Å². The first-order valence-corrected chi connectivity index (χ1v) is 8.73. The van der Waals surface area contributed by atoms with Crippen LogP contribution >= 0.6 is 0 Å². The molecule has 2 aliphatic heterocycles. The van der Waals surface area contributed by atoms with Crippen LogP contribution in [0.15, 0.2) is 42.6 Å². The van der Waals surface area contributed by atoms with Crippen LogP contribution in [0.3, 0.4) is 0 Å². The zero-order valence-electron chi connectivity index (χ0n) is 14.7. The first-order chi connectivity index (χ1) is 13.3. The molecule has 0 radical (unpaired) electrons. The summed E-state index contributed by atoms with van der Waals surface area (Å²) in [6, 6.07) is 12.7. The number of hydrogen-bond acceptors (Lipinski definition) is 4. The topological polar surface area (TPSA) is 80.0 Å². The van der Waals surface area contributed by atoms with Gasteiger partial charge in [-0.25, -0.2) is 4.79 Å². The van der Waals surface area contributed by atoms with Crippen molar-refractivity contribution in [2.75, 3.05) is 13.1 Å². The number of aryl methyl sites for hydroxylation is 1. The fourth-order valence-electron chi connectivity index (χ4n) is 3.60. The van der Waals surface area contributed by atoms with Crippen molar-refractivity contribution in [2.45, 2.75) is 24.6 Å². The maximum atomic E-state index is 10.6. The highest BCUT2D eigenvalue weighted by Gasteiger charge is 2.45. The molecule has 1 aromatic carbocycles. The van der Waals surface area contributed by atoms with E-state index in [1.165, 1.54) is 17.5 Å². The van der Waals surface area contributed by atoms with E-state index in [1.807, 2.05) is 18.3 Å². The number of pyridine rings is 1. The summed E-state index contributed by atoms with van der Waals surface area (Å²) in [5, 5.41) is 16.5. The molecule has 2 aliphatic rings. The van der Waals surface area contributed by atoms with Crippen molar-refractivity contribution in [1.29, 1.82) is 0 Å². The fourth-order valence-corrected chi connectivity index (χ4v) is 3.60. The lowest BCUT2D eigenvalue weighted by molar-refractivity contribution is -0.192. The highest BCUT2D eigenvalue weighted by molar-refractivity contribution is 5.82. The number of aliphatic carboxylic acids is 1. The molecule has 0 aliphatic carbocycles. The molecule has 146 valence electrons. The second-order valence-electron chi connectivity index (χ2n) is 6.99. The number of carbonyl (C=O) groups is 1. The summed E-state index contributed by atoms with van der Waals surface area (Å²) in [6.45, 7) is 3.22. The normalized spacial score (nSPS) is 17.0. The third-order valence-electron chi connectivity index (χ3n) is 5.18. The summed E-state index contributed by atoms with van der Waals surface area (Å²) >= 11 is 0. The monoisotopic (exact) mass is 390 g/mol. The van der Waals surface area contributed by atoms with Crippen LogP contribution in [-0.4, -0.2) is 45.1 Å². The number of aromatic nitrogens is 3. The molecule has 1 saturated heterocycles. The quantitative estimate of drug-likeness (QED) is 0.668. The van der Waals surface area contributed by atoms with Gasteiger partial charge < -0.3 is 10.4 Å². The van der Waals surface area contributed by atoms with E-state index in [4.69, 9.17) is 15.0 Å². The molecular weight excluding hydrogens is 373 g/mol. The Morgan fingerprint density at radius 3 is 2.57 bits per heavy atom. The predicted molar refractivity (Wildman–Crippen MR) is 95.8 cm³/mol. The predicted octanol–water partition coefficient (Wildman–Crippen LogP) is 2.98. The number of alkyl halides is 3. The van der Waals surface area contributed by atoms with E-state index in [1.54, 1.807) is 0 Å². The maximum Gasteiger partial charge on any atom is 0.490 e. The smallest absolute Gasteiger partial charge is 0.475 e. The Labute approximate surface area is 158 Å². The van der Waals surface area contributed by atoms with E-state index < -0.39 is 12.1 Å². The molecule has 1 fully saturated rings. The number of nitrogens with zero attached hydrogens (tertiary/aromatic N) is 3. The molecule has 2 aromatic heterocycles. The number of rotatable bonds is 1. The van der Waals surface area contributed by atoms with Gasteiger partial charge in [0, 0.05) is 47.9 Å². The van der Waals surface area contributed by atoms with Gasteiger partial charge in [0.25, 0.3) is 0 Å². The Hall–Kier alpha value is -2.94. The summed E-state index contributed by atoms with van der Waals surface area (Å²) in [6.07, 6.45) is -1.93. The Bertz CT molecular complexity index is 1040. The van der Waals surface area contributed by atoms with E-state index >= 15 is 0 Å². The summed E-state index contributed by atoms with van der Waals surface area (Å²) in [5.74, 6) is -2.76. The van der Waals surface area contributed by atoms with E-state index in [9.17, 15) is 13.2 Å². The summed E-state index contributed by atoms with van der Waals surface area (Å²) in [5.41, 5.74) is 4.93. The van der Waals surface area contributed by atoms with Crippen molar-refractivity contribution in [3.05, 3.63) is 48.3 Å². The Kier molecular flexibility index (Phi) is 4.34. The lowest BCUT2D eigenvalue weighted by atomic mass is 9.77. The summed E-state index contributed by atoms with van der Waals surface area (Å²) in [4.78, 5) is 13.4. The number of carboxylic acids is 1. The molecule has 9 heteroatoms. The number of hydrogen-bond donors (Lipinski definition) is 2. The van der Waals surface area contributed by atoms with Crippen molar-refractivity contribution >= 4 is 16.9 Å². The van der Waals surface area contributed by atoms with E-state index in [2.05, 4.69) is 39.2 Å². The fraction of sp³-hybridized carbons (Fsp3) is 0.316. The van der Waals surface area contributed by atoms with Crippen LogP contribution in [0.5, 0.6) is 0 Å². The average molecular weight is 390 g/mol. The Morgan fingerprint density at radius 2 is 1.93 bits per heavy atom. The van der Waals surface area contributed by atoms with Gasteiger partial charge in [0.05, 0.1) is 11.2 Å². The minimum Gasteiger partial charge on any atom is -0.475 e. The molecule has 5 rings (SSSR count). The number of halogens is 3. The number of carboxylic acid groups (broad SMARTS) is 1. The molecular formula is C19H17F3N4O2. The first-order valence-electron chi connectivity index (χ1n) is 8.73. The highest BCUT2D eigenvalue weighted by atomic mass is 19.4. The van der Waals surface area contributed by atoms with Gasteiger partial charge in [0.2, 0.25) is 0 Å². The molecule has 0 amide bonds. The van der Waals surface area contributed by atoms with Crippen LogP contribution in [0.4, 0.5) is 13.2 Å². The van der Waals surface area contributed by atoms with E-state index in [0.717, 1.165) is 36.4 Å². The number of fused-ring (bicyclic) bond motifs is 3. The zero-order chi connectivity index (χ0) is 19.9. The largest absolute Gasteiger partial charge is 0.490 e. The average Bonchev–Trinajstić information content (AvgIpc) is 3.19. The Balaban J connectivity index is 0.000000239. The minimum atomic E-state index is -5.08. The van der Waals surface area contributed by atoms with Gasteiger partial charge in [-0.05, 0) is 24.6 Å². The molecule has 1 spiro atoms. The van der Waals surface area contributed by atoms with Crippen LogP contribution in [0, 0.1) is 0 Å². The zero-order valence-corrected chi connectivity index (χ0v) is 14.7. The second kappa shape index (κ2) is 6.59. The van der Waals surface area contributed by atoms with Gasteiger partial charge in [-0.1, -0.05) is 18.2 Å². The van der Waals surface area contributed by atoms with Gasteiger partial charge in [-0.3, -0.25) is 9.67 Å². The SMILES string of the molecule is O=C(O)C(F)(F)F.c1ccc2ncc(-c3cc4n(n3)CCC43CNC3)cc2c1. The van der Waals surface area contributed by atoms with Crippen molar-refractivity contribution in [1.82, 2.24) is 20.1 Å². The van der Waals surface area contributed by atoms with Gasteiger partial charge in [0.1, 0.15) is 0 Å². The summed E-state index contributed by atoms with van der Waals surface area (Å²) < 4.78 is 33.9. The van der Waals surface area contributed by atoms with Crippen LogP contribution < -0.4 is 5.32 Å². The van der Waals surface area contributed by atoms with Crippen molar-refractivity contribution in [2.24, 2.45) is 0 Å². The summed E-state index contributed by atoms with van der Waals surface area (Å²) in [7, 11) is 0. The van der Waals surface area contributed by atoms with Crippen LogP contribution in [0.2, 0.25) is 0 Å². The van der Waals surface area contributed by atoms with Crippen molar-refractivity contribution < 1.29 is 23.1 Å². The lowest BCUT2D eigenvalue weighted by Gasteiger charge is -2.38. The molecule has 4 heterocycles. The minimum absolute atomic E-state index is 0.343. The third kappa shape index (κ3) is 3.22. The molecule has 0 saturated carbocycles. The number of para-hydroxylation sites is 1. The van der Waals surface area contributed by atoms with Crippen molar-refractivity contribution in [3.63, 3.8) is 0 Å². The van der Waals surface area contributed by atoms with Crippen LogP contribution in [-0.2, 0) is 16.8 Å². The molecule has 0 unspecified atom stereocenters. The van der Waals surface area contributed by atoms with Gasteiger partial charge >= 0.3 is 12.1 Å². The standard InChI is InChI=1S/C17H16N4.C2HF3O2/c1-2-4-14-12(3-1)7-13(9-19-14)15-8-16-17(10-18-11-17)5-6-21(16)20-15;3-2(4,5)1(6)7/h1-4,7-9,18H,5-6,10-11H2;(H,6,7). The number of benzene rings is 1. The molecule has 3 aromatic rings. The Morgan fingerprint density at radius 1 is 1.21 bits per heavy atom. The third-order valence-corrected chi connectivity index (χ3v) is 5.18. The second-order valence-corrected chi connectivity index (χ2v) is 6.99. The lowest BCUT2D eigenvalue weighted by Crippen LogP contribution is -2.55. The van der Waals surface area contributed by atoms with Crippen molar-refractivity contribution in [3.8, 4) is 11.3 Å². The van der Waals surface area contributed by atoms with Crippen LogP contribution in [0.25, 0.3) is 22.2 Å². The molecule has 2 N–H and O–H groups in total. The molecule has 28 heavy (non-hydrogen) atoms. The van der Waals surface area contributed by atoms with E-state index in [-0.39, 0.29) is 0 Å². The van der Waals surface area contributed by atoms with Gasteiger partial charge in [-0.15, -0.1) is 0 Å². The molecule has 0 bridgehead atoms. The highest BCUT2D eigenvalue weighted by Crippen LogP contribution is 2.39. The molecule has 6 nitrogen and oxygen atoms in total. The van der Waals surface area contributed by atoms with Gasteiger partial charge in [-0.2, -0.15) is 18.3 Å².